The van der Waals surface area contributed by atoms with Gasteiger partial charge in [0.15, 0.2) is 23.9 Å². The van der Waals surface area contributed by atoms with Crippen LogP contribution in [-0.4, -0.2) is 27.0 Å². The largest absolute Gasteiger partial charge is 0.467 e. The standard InChI is InChI=1S/C12H12O6/c1-14-11(13)10-6-3-8-9(17-5-16-8)4-7(6)12(15-2)18-10/h3-4,10,12H,5H2,1-2H3. The molecule has 2 aliphatic heterocycles. The maximum absolute atomic E-state index is 11.7. The Labute approximate surface area is 103 Å². The molecule has 1 aromatic rings. The van der Waals surface area contributed by atoms with E-state index in [1.807, 2.05) is 0 Å². The summed E-state index contributed by atoms with van der Waals surface area (Å²) in [6, 6.07) is 3.51. The zero-order valence-electron chi connectivity index (χ0n) is 9.97. The number of hydrogen-bond donors (Lipinski definition) is 0. The predicted molar refractivity (Wildman–Crippen MR) is 58.2 cm³/mol. The van der Waals surface area contributed by atoms with E-state index in [1.54, 1.807) is 12.1 Å². The van der Waals surface area contributed by atoms with E-state index in [0.717, 1.165) is 5.56 Å². The van der Waals surface area contributed by atoms with Gasteiger partial charge in [-0.3, -0.25) is 0 Å². The molecule has 6 heteroatoms. The van der Waals surface area contributed by atoms with Crippen molar-refractivity contribution in [1.82, 2.24) is 0 Å². The van der Waals surface area contributed by atoms with Gasteiger partial charge in [0.2, 0.25) is 6.79 Å². The van der Waals surface area contributed by atoms with E-state index in [4.69, 9.17) is 23.7 Å². The van der Waals surface area contributed by atoms with Crippen LogP contribution in [0.4, 0.5) is 0 Å². The molecule has 0 aliphatic carbocycles. The number of fused-ring (bicyclic) bond motifs is 2. The van der Waals surface area contributed by atoms with E-state index in [0.29, 0.717) is 17.1 Å². The molecule has 0 saturated carbocycles. The Bertz CT molecular complexity index is 498. The molecule has 2 aliphatic rings. The van der Waals surface area contributed by atoms with Crippen LogP contribution in [0.2, 0.25) is 0 Å². The average molecular weight is 252 g/mol. The van der Waals surface area contributed by atoms with Gasteiger partial charge in [0.1, 0.15) is 0 Å². The number of ether oxygens (including phenoxy) is 5. The minimum absolute atomic E-state index is 0.180. The van der Waals surface area contributed by atoms with Gasteiger partial charge in [-0.2, -0.15) is 0 Å². The second kappa shape index (κ2) is 4.15. The van der Waals surface area contributed by atoms with Crippen LogP contribution < -0.4 is 9.47 Å². The third-order valence-corrected chi connectivity index (χ3v) is 3.00. The van der Waals surface area contributed by atoms with Crippen molar-refractivity contribution >= 4 is 5.97 Å². The minimum Gasteiger partial charge on any atom is -0.467 e. The maximum Gasteiger partial charge on any atom is 0.339 e. The van der Waals surface area contributed by atoms with Crippen LogP contribution in [0.5, 0.6) is 11.5 Å². The highest BCUT2D eigenvalue weighted by atomic mass is 16.7. The van der Waals surface area contributed by atoms with Crippen molar-refractivity contribution in [2.24, 2.45) is 0 Å². The summed E-state index contributed by atoms with van der Waals surface area (Å²) in [6.07, 6.45) is -1.39. The summed E-state index contributed by atoms with van der Waals surface area (Å²) in [5.41, 5.74) is 1.45. The predicted octanol–water partition coefficient (Wildman–Crippen LogP) is 1.30. The number of methoxy groups -OCH3 is 2. The molecule has 0 spiro atoms. The third-order valence-electron chi connectivity index (χ3n) is 3.00. The molecule has 0 fully saturated rings. The lowest BCUT2D eigenvalue weighted by Crippen LogP contribution is -2.13. The molecule has 0 aromatic heterocycles. The fourth-order valence-electron chi connectivity index (χ4n) is 2.15. The summed E-state index contributed by atoms with van der Waals surface area (Å²) in [6.45, 7) is 0.180. The van der Waals surface area contributed by atoms with Crippen LogP contribution in [0, 0.1) is 0 Å². The van der Waals surface area contributed by atoms with Crippen LogP contribution in [0.25, 0.3) is 0 Å². The second-order valence-corrected chi connectivity index (χ2v) is 3.94. The topological polar surface area (TPSA) is 63.2 Å². The molecule has 0 N–H and O–H groups in total. The Hall–Kier alpha value is -1.79. The van der Waals surface area contributed by atoms with Crippen LogP contribution in [0.15, 0.2) is 12.1 Å². The lowest BCUT2D eigenvalue weighted by atomic mass is 10.0. The second-order valence-electron chi connectivity index (χ2n) is 3.94. The Kier molecular flexibility index (Phi) is 2.61. The van der Waals surface area contributed by atoms with Gasteiger partial charge < -0.3 is 23.7 Å². The fourth-order valence-corrected chi connectivity index (χ4v) is 2.15. The van der Waals surface area contributed by atoms with Crippen molar-refractivity contribution in [3.63, 3.8) is 0 Å². The molecule has 96 valence electrons. The van der Waals surface area contributed by atoms with Gasteiger partial charge in [0.05, 0.1) is 7.11 Å². The summed E-state index contributed by atoms with van der Waals surface area (Å²) in [4.78, 5) is 11.7. The van der Waals surface area contributed by atoms with Gasteiger partial charge in [-0.1, -0.05) is 0 Å². The monoisotopic (exact) mass is 252 g/mol. The molecule has 6 nitrogen and oxygen atoms in total. The SMILES string of the molecule is COC(=O)C1OC(OC)c2cc3c(cc21)OCO3. The highest BCUT2D eigenvalue weighted by Crippen LogP contribution is 2.46. The first-order chi connectivity index (χ1) is 8.74. The summed E-state index contributed by atoms with van der Waals surface area (Å²) < 4.78 is 26.0. The Morgan fingerprint density at radius 1 is 1.22 bits per heavy atom. The molecule has 3 rings (SSSR count). The Balaban J connectivity index is 2.06. The minimum atomic E-state index is -0.788. The summed E-state index contributed by atoms with van der Waals surface area (Å²) in [7, 11) is 2.83. The Morgan fingerprint density at radius 3 is 2.50 bits per heavy atom. The molecular weight excluding hydrogens is 240 g/mol. The van der Waals surface area contributed by atoms with Crippen LogP contribution >= 0.6 is 0 Å². The normalized spacial score (nSPS) is 23.9. The number of rotatable bonds is 2. The summed E-state index contributed by atoms with van der Waals surface area (Å²) >= 11 is 0. The smallest absolute Gasteiger partial charge is 0.339 e. The highest BCUT2D eigenvalue weighted by molar-refractivity contribution is 5.78. The molecule has 2 atom stereocenters. The van der Waals surface area contributed by atoms with Crippen molar-refractivity contribution < 1.29 is 28.5 Å². The van der Waals surface area contributed by atoms with Gasteiger partial charge in [-0.15, -0.1) is 0 Å². The zero-order chi connectivity index (χ0) is 12.7. The van der Waals surface area contributed by atoms with Gasteiger partial charge in [0.25, 0.3) is 0 Å². The molecule has 0 saturated heterocycles. The molecule has 0 amide bonds. The van der Waals surface area contributed by atoms with E-state index in [1.165, 1.54) is 14.2 Å². The van der Waals surface area contributed by atoms with Crippen LogP contribution in [0.1, 0.15) is 23.5 Å². The number of hydrogen-bond acceptors (Lipinski definition) is 6. The number of benzene rings is 1. The molecule has 18 heavy (non-hydrogen) atoms. The van der Waals surface area contributed by atoms with Crippen LogP contribution in [0.3, 0.4) is 0 Å². The molecule has 2 heterocycles. The van der Waals surface area contributed by atoms with Gasteiger partial charge >= 0.3 is 5.97 Å². The lowest BCUT2D eigenvalue weighted by molar-refractivity contribution is -0.178. The molecule has 1 aromatic carbocycles. The van der Waals surface area contributed by atoms with Crippen molar-refractivity contribution in [1.29, 1.82) is 0 Å². The van der Waals surface area contributed by atoms with Crippen molar-refractivity contribution in [3.8, 4) is 11.5 Å². The molecule has 0 bridgehead atoms. The van der Waals surface area contributed by atoms with E-state index in [2.05, 4.69) is 0 Å². The number of esters is 1. The first kappa shape index (κ1) is 11.3. The van der Waals surface area contributed by atoms with Crippen LogP contribution in [-0.2, 0) is 19.0 Å². The van der Waals surface area contributed by atoms with E-state index in [9.17, 15) is 4.79 Å². The van der Waals surface area contributed by atoms with Crippen molar-refractivity contribution in [3.05, 3.63) is 23.3 Å². The molecular formula is C12H12O6. The number of carbonyl (C=O) groups excluding carboxylic acids is 1. The van der Waals surface area contributed by atoms with E-state index < -0.39 is 18.4 Å². The first-order valence-corrected chi connectivity index (χ1v) is 5.44. The van der Waals surface area contributed by atoms with Gasteiger partial charge in [-0.05, 0) is 12.1 Å². The van der Waals surface area contributed by atoms with E-state index >= 15 is 0 Å². The molecule has 2 unspecified atom stereocenters. The quantitative estimate of drug-likeness (QED) is 0.739. The highest BCUT2D eigenvalue weighted by Gasteiger charge is 2.39. The fraction of sp³-hybridized carbons (Fsp3) is 0.417. The lowest BCUT2D eigenvalue weighted by Gasteiger charge is -2.10. The Morgan fingerprint density at radius 2 is 1.89 bits per heavy atom. The van der Waals surface area contributed by atoms with Gasteiger partial charge in [0, 0.05) is 18.2 Å². The maximum atomic E-state index is 11.7. The van der Waals surface area contributed by atoms with Crippen molar-refractivity contribution in [2.75, 3.05) is 21.0 Å². The van der Waals surface area contributed by atoms with Crippen molar-refractivity contribution in [2.45, 2.75) is 12.4 Å². The van der Waals surface area contributed by atoms with E-state index in [-0.39, 0.29) is 6.79 Å². The molecule has 0 radical (unpaired) electrons. The average Bonchev–Trinajstić information content (AvgIpc) is 2.98. The third kappa shape index (κ3) is 1.53. The summed E-state index contributed by atoms with van der Waals surface area (Å²) in [5.74, 6) is 0.766. The first-order valence-electron chi connectivity index (χ1n) is 5.44. The van der Waals surface area contributed by atoms with Gasteiger partial charge in [-0.25, -0.2) is 4.79 Å². The number of carbonyl (C=O) groups is 1. The summed E-state index contributed by atoms with van der Waals surface area (Å²) in [5, 5.41) is 0. The zero-order valence-corrected chi connectivity index (χ0v) is 9.97.